The number of halogens is 1. The van der Waals surface area contributed by atoms with Crippen LogP contribution in [0.2, 0.25) is 5.02 Å². The maximum absolute atomic E-state index is 13.6. The normalized spacial score (nSPS) is 22.2. The summed E-state index contributed by atoms with van der Waals surface area (Å²) in [5, 5.41) is 7.83. The minimum atomic E-state index is -0.548. The summed E-state index contributed by atoms with van der Waals surface area (Å²) in [6.07, 6.45) is 1.57. The maximum Gasteiger partial charge on any atom is 0.247 e. The average Bonchev–Trinajstić information content (AvgIpc) is 2.77. The highest BCUT2D eigenvalue weighted by Gasteiger charge is 2.46. The molecule has 2 heterocycles. The van der Waals surface area contributed by atoms with Crippen molar-refractivity contribution in [3.63, 3.8) is 0 Å². The molecule has 5 heteroatoms. The Bertz CT molecular complexity index is 802. The Balaban J connectivity index is 1.91. The monoisotopic (exact) mass is 369 g/mol. The van der Waals surface area contributed by atoms with Gasteiger partial charge in [-0.1, -0.05) is 41.9 Å². The number of hydrogen-bond acceptors (Lipinski definition) is 3. The van der Waals surface area contributed by atoms with Crippen molar-refractivity contribution in [2.75, 3.05) is 24.5 Å². The van der Waals surface area contributed by atoms with Crippen LogP contribution < -0.4 is 15.5 Å². The van der Waals surface area contributed by atoms with Crippen molar-refractivity contribution in [2.45, 2.75) is 31.3 Å². The van der Waals surface area contributed by atoms with Crippen molar-refractivity contribution in [1.82, 2.24) is 10.6 Å². The van der Waals surface area contributed by atoms with E-state index in [0.29, 0.717) is 11.6 Å². The largest absolute Gasteiger partial charge is 0.317 e. The summed E-state index contributed by atoms with van der Waals surface area (Å²) in [4.78, 5) is 15.5. The molecular weight excluding hydrogens is 346 g/mol. The van der Waals surface area contributed by atoms with Gasteiger partial charge in [-0.3, -0.25) is 10.1 Å². The second-order valence-corrected chi connectivity index (χ2v) is 7.51. The number of fused-ring (bicyclic) bond motifs is 1. The van der Waals surface area contributed by atoms with Crippen LogP contribution in [0, 0.1) is 0 Å². The average molecular weight is 370 g/mol. The molecule has 1 unspecified atom stereocenters. The van der Waals surface area contributed by atoms with E-state index in [1.807, 2.05) is 48.2 Å². The molecule has 4 nitrogen and oxygen atoms in total. The molecule has 2 N–H and O–H groups in total. The molecule has 2 aliphatic heterocycles. The zero-order chi connectivity index (χ0) is 18.1. The van der Waals surface area contributed by atoms with Gasteiger partial charge < -0.3 is 10.2 Å². The predicted molar refractivity (Wildman–Crippen MR) is 106 cm³/mol. The van der Waals surface area contributed by atoms with E-state index in [1.165, 1.54) is 0 Å². The van der Waals surface area contributed by atoms with Gasteiger partial charge in [0.05, 0.1) is 6.04 Å². The molecule has 2 aromatic rings. The van der Waals surface area contributed by atoms with Gasteiger partial charge in [0, 0.05) is 17.3 Å². The quantitative estimate of drug-likeness (QED) is 0.851. The second kappa shape index (κ2) is 7.03. The molecule has 1 atom stereocenters. The number of nitrogens with one attached hydrogen (secondary N) is 2. The van der Waals surface area contributed by atoms with Crippen LogP contribution >= 0.6 is 11.6 Å². The minimum Gasteiger partial charge on any atom is -0.317 e. The molecule has 1 saturated heterocycles. The Labute approximate surface area is 159 Å². The summed E-state index contributed by atoms with van der Waals surface area (Å²) in [5.74, 6) is 0.170. The third-order valence-corrected chi connectivity index (χ3v) is 5.81. The first-order chi connectivity index (χ1) is 12.6. The lowest BCUT2D eigenvalue weighted by Crippen LogP contribution is -2.61. The van der Waals surface area contributed by atoms with Crippen LogP contribution in [0.15, 0.2) is 48.5 Å². The van der Waals surface area contributed by atoms with Gasteiger partial charge in [-0.25, -0.2) is 0 Å². The number of anilines is 1. The highest BCUT2D eigenvalue weighted by molar-refractivity contribution is 6.30. The molecule has 1 spiro atoms. The first kappa shape index (κ1) is 17.5. The zero-order valence-electron chi connectivity index (χ0n) is 15.0. The standard InChI is InChI=1S/C21H24ClN3O/c1-2-25-18-9-8-16(22)14-17(18)19(15-6-4-3-5-7-15)24-21(20(25)26)10-12-23-13-11-21/h3-9,14,19,23-24H,2,10-13H2,1H3. The van der Waals surface area contributed by atoms with E-state index in [2.05, 4.69) is 22.8 Å². The second-order valence-electron chi connectivity index (χ2n) is 7.07. The van der Waals surface area contributed by atoms with Crippen LogP contribution in [0.5, 0.6) is 0 Å². The lowest BCUT2D eigenvalue weighted by atomic mass is 9.85. The summed E-state index contributed by atoms with van der Waals surface area (Å²) in [6.45, 7) is 4.36. The van der Waals surface area contributed by atoms with Gasteiger partial charge in [-0.15, -0.1) is 0 Å². The topological polar surface area (TPSA) is 44.4 Å². The first-order valence-electron chi connectivity index (χ1n) is 9.29. The number of likely N-dealkylation sites (N-methyl/N-ethyl adjacent to an activating group) is 1. The van der Waals surface area contributed by atoms with E-state index in [1.54, 1.807) is 0 Å². The van der Waals surface area contributed by atoms with Crippen molar-refractivity contribution in [3.8, 4) is 0 Å². The lowest BCUT2D eigenvalue weighted by Gasteiger charge is -2.40. The lowest BCUT2D eigenvalue weighted by molar-refractivity contribution is -0.126. The Morgan fingerprint density at radius 2 is 1.88 bits per heavy atom. The Hall–Kier alpha value is -1.88. The van der Waals surface area contributed by atoms with Crippen molar-refractivity contribution in [1.29, 1.82) is 0 Å². The van der Waals surface area contributed by atoms with Crippen molar-refractivity contribution >= 4 is 23.2 Å². The number of carbonyl (C=O) groups is 1. The van der Waals surface area contributed by atoms with Gasteiger partial charge in [0.15, 0.2) is 0 Å². The minimum absolute atomic E-state index is 0.0662. The smallest absolute Gasteiger partial charge is 0.247 e. The van der Waals surface area contributed by atoms with Crippen LogP contribution in [-0.2, 0) is 4.79 Å². The summed E-state index contributed by atoms with van der Waals surface area (Å²) in [5.41, 5.74) is 2.63. The number of rotatable bonds is 2. The molecule has 2 aliphatic rings. The molecule has 1 fully saturated rings. The molecule has 1 amide bonds. The van der Waals surface area contributed by atoms with Gasteiger partial charge in [0.25, 0.3) is 0 Å². The predicted octanol–water partition coefficient (Wildman–Crippen LogP) is 3.51. The maximum atomic E-state index is 13.6. The van der Waals surface area contributed by atoms with Crippen LogP contribution in [0.4, 0.5) is 5.69 Å². The van der Waals surface area contributed by atoms with Gasteiger partial charge in [-0.2, -0.15) is 0 Å². The van der Waals surface area contributed by atoms with Gasteiger partial charge >= 0.3 is 0 Å². The van der Waals surface area contributed by atoms with Crippen LogP contribution in [-0.4, -0.2) is 31.1 Å². The molecule has 136 valence electrons. The molecule has 4 rings (SSSR count). The van der Waals surface area contributed by atoms with Crippen LogP contribution in [0.3, 0.4) is 0 Å². The third-order valence-electron chi connectivity index (χ3n) is 5.57. The molecule has 2 aromatic carbocycles. The molecule has 0 radical (unpaired) electrons. The number of hydrogen-bond donors (Lipinski definition) is 2. The Kier molecular flexibility index (Phi) is 4.74. The van der Waals surface area contributed by atoms with E-state index in [4.69, 9.17) is 11.6 Å². The van der Waals surface area contributed by atoms with Crippen molar-refractivity contribution < 1.29 is 4.79 Å². The van der Waals surface area contributed by atoms with Gasteiger partial charge in [0.1, 0.15) is 5.54 Å². The van der Waals surface area contributed by atoms with E-state index in [9.17, 15) is 4.79 Å². The van der Waals surface area contributed by atoms with Crippen molar-refractivity contribution in [2.24, 2.45) is 0 Å². The molecule has 26 heavy (non-hydrogen) atoms. The summed E-state index contributed by atoms with van der Waals surface area (Å²) < 4.78 is 0. The van der Waals surface area contributed by atoms with Gasteiger partial charge in [-0.05, 0) is 62.2 Å². The molecule has 0 aromatic heterocycles. The molecule has 0 saturated carbocycles. The highest BCUT2D eigenvalue weighted by atomic mass is 35.5. The molecule has 0 aliphatic carbocycles. The third kappa shape index (κ3) is 2.92. The first-order valence-corrected chi connectivity index (χ1v) is 9.67. The van der Waals surface area contributed by atoms with Crippen LogP contribution in [0.1, 0.15) is 36.9 Å². The SMILES string of the molecule is CCN1C(=O)C2(CCNCC2)NC(c2ccccc2)c2cc(Cl)ccc21. The number of amides is 1. The van der Waals surface area contributed by atoms with E-state index < -0.39 is 5.54 Å². The van der Waals surface area contributed by atoms with Gasteiger partial charge in [0.2, 0.25) is 5.91 Å². The zero-order valence-corrected chi connectivity index (χ0v) is 15.7. The fourth-order valence-corrected chi connectivity index (χ4v) is 4.40. The van der Waals surface area contributed by atoms with Crippen LogP contribution in [0.25, 0.3) is 0 Å². The number of piperidine rings is 1. The number of carbonyl (C=O) groups excluding carboxylic acids is 1. The highest BCUT2D eigenvalue weighted by Crippen LogP contribution is 2.40. The Morgan fingerprint density at radius 1 is 1.15 bits per heavy atom. The van der Waals surface area contributed by atoms with E-state index >= 15 is 0 Å². The fraction of sp³-hybridized carbons (Fsp3) is 0.381. The number of benzene rings is 2. The molecule has 0 bridgehead atoms. The van der Waals surface area contributed by atoms with Crippen molar-refractivity contribution in [3.05, 3.63) is 64.7 Å². The number of nitrogens with zero attached hydrogens (tertiary/aromatic N) is 1. The van der Waals surface area contributed by atoms with E-state index in [-0.39, 0.29) is 11.9 Å². The summed E-state index contributed by atoms with van der Waals surface area (Å²) in [7, 11) is 0. The Morgan fingerprint density at radius 3 is 2.58 bits per heavy atom. The fourth-order valence-electron chi connectivity index (χ4n) is 4.22. The summed E-state index contributed by atoms with van der Waals surface area (Å²) >= 11 is 6.35. The van der Waals surface area contributed by atoms with E-state index in [0.717, 1.165) is 42.7 Å². The molecular formula is C21H24ClN3O. The summed E-state index contributed by atoms with van der Waals surface area (Å²) in [6, 6.07) is 16.1.